The lowest BCUT2D eigenvalue weighted by molar-refractivity contribution is -0.292. The summed E-state index contributed by atoms with van der Waals surface area (Å²) in [6.07, 6.45) is 7.94. The van der Waals surface area contributed by atoms with Gasteiger partial charge >= 0.3 is 0 Å². The van der Waals surface area contributed by atoms with Gasteiger partial charge in [0.05, 0.1) is 186 Å². The van der Waals surface area contributed by atoms with Crippen LogP contribution in [-0.4, -0.2) is 326 Å². The van der Waals surface area contributed by atoms with Gasteiger partial charge in [0.1, 0.15) is 60.7 Å². The number of rotatable bonds is 44. The van der Waals surface area contributed by atoms with Crippen LogP contribution in [0.4, 0.5) is 0 Å². The highest BCUT2D eigenvalue weighted by molar-refractivity contribution is 7.71. The summed E-state index contributed by atoms with van der Waals surface area (Å²) in [4.78, 5) is 78.1. The van der Waals surface area contributed by atoms with Crippen molar-refractivity contribution >= 4 is 41.6 Å². The number of carbonyl (C=O) groups excluding carboxylic acids is 5. The minimum atomic E-state index is -1.12. The van der Waals surface area contributed by atoms with Crippen molar-refractivity contribution in [1.82, 2.24) is 51.1 Å². The molecule has 10 fully saturated rings. The number of unbranched alkanes of at least 4 members (excludes halogenated alkanes) is 1. The number of amides is 4. The smallest absolute Gasteiger partial charge is 0.246 e. The van der Waals surface area contributed by atoms with Gasteiger partial charge in [-0.15, -0.1) is 5.10 Å². The maximum atomic E-state index is 14.6. The standard InChI is InChI=1S/C79H124N10O23S/c1-48(2)69(85-68(93)47-104-34-33-103-32-31-102-30-29-101-28-27-100-26-25-99-24-23-98-22-21-97-20-19-89-46-60(86-87-89)52-42-82-78(113)83-43-52)77(95)84-59(11-9-10-18-88(6)7)76(94)81-45-67(92)80-44-54(91)39-65-70(96-8)58-38-53(90)37-56-13-15-62-71(107-56)75-74-73(109-62)72-66(110-74)41-79(111-72,112-75)17-16-57-36-50(4)61(105-57)14-12-55-35-49(3)51(5)63(106-55)40-64(58)108-65/h42-43,46,48-49,54-59,61-66,69-75,91H,4-5,9-41,44-45,47H2,1-3,6-8H3,(H,80,92)(H,81,94)(H,84,95)(H,85,93)(H,82,83,113)/t49-,54+,55+,56-,57+,58+,59+,61?,62+,63-,64+,65-,66?,69+,70-,71+,72+,73+,74-,75+,79+/m1/s1. The highest BCUT2D eigenvalue weighted by Gasteiger charge is 2.69. The molecule has 12 bridgehead atoms. The van der Waals surface area contributed by atoms with Crippen LogP contribution in [0, 0.1) is 22.5 Å². The molecule has 10 aliphatic rings. The molecule has 6 N–H and O–H groups in total. The first kappa shape index (κ1) is 88.5. The molecule has 10 aliphatic heterocycles. The third kappa shape index (κ3) is 26.1. The second-order valence-corrected chi connectivity index (χ2v) is 32.3. The van der Waals surface area contributed by atoms with E-state index in [1.807, 2.05) is 25.2 Å². The number of nitrogens with one attached hydrogen (secondary N) is 5. The van der Waals surface area contributed by atoms with E-state index in [2.05, 4.69) is 61.6 Å². The molecule has 2 unspecified atom stereocenters. The summed E-state index contributed by atoms with van der Waals surface area (Å²) in [7, 11) is 5.48. The van der Waals surface area contributed by atoms with Crippen molar-refractivity contribution in [2.24, 2.45) is 17.8 Å². The number of aromatic amines is 1. The number of hydrogen-bond acceptors (Lipinski definition) is 28. The lowest BCUT2D eigenvalue weighted by Crippen LogP contribution is -2.61. The maximum absolute atomic E-state index is 14.6. The number of ether oxygens (including phenoxy) is 17. The number of aliphatic hydroxyl groups excluding tert-OH is 1. The van der Waals surface area contributed by atoms with Gasteiger partial charge in [0.2, 0.25) is 23.6 Å². The number of nitrogens with zero attached hydrogens (tertiary/aromatic N) is 5. The molecule has 0 aliphatic carbocycles. The van der Waals surface area contributed by atoms with E-state index in [0.29, 0.717) is 141 Å². The van der Waals surface area contributed by atoms with Gasteiger partial charge in [-0.1, -0.05) is 39.1 Å². The Morgan fingerprint density at radius 2 is 1.35 bits per heavy atom. The normalized spacial score (nSPS) is 30.9. The van der Waals surface area contributed by atoms with Gasteiger partial charge in [0.15, 0.2) is 10.6 Å². The Balaban J connectivity index is 0.556. The fraction of sp³-hybridized carbons (Fsp3) is 0.810. The van der Waals surface area contributed by atoms with Gasteiger partial charge < -0.3 is 117 Å². The number of carbonyl (C=O) groups is 5. The highest BCUT2D eigenvalue weighted by atomic mass is 32.1. The van der Waals surface area contributed by atoms with Crippen molar-refractivity contribution in [2.45, 2.75) is 246 Å². The van der Waals surface area contributed by atoms with Gasteiger partial charge in [0, 0.05) is 76.1 Å². The fourth-order valence-corrected chi connectivity index (χ4v) is 16.9. The third-order valence-electron chi connectivity index (χ3n) is 22.7. The molecule has 33 nitrogen and oxygen atoms in total. The zero-order valence-electron chi connectivity index (χ0n) is 66.8. The Labute approximate surface area is 668 Å². The van der Waals surface area contributed by atoms with Crippen molar-refractivity contribution in [2.75, 3.05) is 147 Å². The average molecular weight is 1610 g/mol. The van der Waals surface area contributed by atoms with E-state index in [0.717, 1.165) is 61.8 Å². The highest BCUT2D eigenvalue weighted by Crippen LogP contribution is 2.55. The topological polar surface area (TPSA) is 373 Å². The first-order valence-electron chi connectivity index (χ1n) is 40.9. The molecule has 21 atom stereocenters. The number of fused-ring (bicyclic) bond motifs is 6. The second kappa shape index (κ2) is 44.5. The molecular formula is C79H124N10O23S. The third-order valence-corrected chi connectivity index (χ3v) is 22.9. The molecule has 34 heteroatoms. The monoisotopic (exact) mass is 1610 g/mol. The molecule has 12 rings (SSSR count). The molecule has 0 aromatic carbocycles. The van der Waals surface area contributed by atoms with Crippen molar-refractivity contribution in [1.29, 1.82) is 0 Å². The Morgan fingerprint density at radius 3 is 2.02 bits per heavy atom. The van der Waals surface area contributed by atoms with Gasteiger partial charge in [-0.25, -0.2) is 9.67 Å². The number of aromatic nitrogens is 5. The summed E-state index contributed by atoms with van der Waals surface area (Å²) in [5, 5.41) is 30.9. The van der Waals surface area contributed by atoms with Crippen LogP contribution < -0.4 is 21.3 Å². The molecule has 0 radical (unpaired) electrons. The van der Waals surface area contributed by atoms with Crippen molar-refractivity contribution in [3.05, 3.63) is 47.7 Å². The Hall–Kier alpha value is -5.29. The van der Waals surface area contributed by atoms with Crippen LogP contribution in [0.1, 0.15) is 124 Å². The number of ketones is 1. The molecule has 10 saturated heterocycles. The van der Waals surface area contributed by atoms with E-state index in [9.17, 15) is 29.1 Å². The van der Waals surface area contributed by atoms with Gasteiger partial charge in [-0.05, 0) is 120 Å². The van der Waals surface area contributed by atoms with Crippen LogP contribution in [0.5, 0.6) is 0 Å². The quantitative estimate of drug-likeness (QED) is 0.0313. The van der Waals surface area contributed by atoms with Crippen LogP contribution in [0.25, 0.3) is 11.3 Å². The average Bonchev–Trinajstić information content (AvgIpc) is 1.55. The minimum absolute atomic E-state index is 0.00684. The van der Waals surface area contributed by atoms with Crippen LogP contribution >= 0.6 is 12.2 Å². The molecular weight excluding hydrogens is 1490 g/mol. The SMILES string of the molecule is C=C1C[C@@H]2CC[C@@]34CC5O[C@H]6[C@@H](O3)[C@H]3O[C@H](CC[C@@H]3O[C@H]6[C@H]5O4)CC(=O)C[C@@H]3[C@@H](OC)[C@@H](C[C@H](O)CNC(=O)CNC(=O)[C@H](CCCCN(C)C)NC(=O)[C@@H](NC(=O)COCCOCCOCCOCCOCCOCCOCCOCCn4cc(-c5cnc(=S)[nH]c5)nn4)C(C)C)O[C@H]3C[C@H]3O[C@@H](CCC1O2)C[C@@H](C)C3=C. The van der Waals surface area contributed by atoms with E-state index in [4.69, 9.17) is 92.7 Å². The van der Waals surface area contributed by atoms with E-state index in [1.165, 1.54) is 0 Å². The van der Waals surface area contributed by atoms with Crippen LogP contribution in [0.15, 0.2) is 42.9 Å². The summed E-state index contributed by atoms with van der Waals surface area (Å²) in [6.45, 7) is 20.7. The van der Waals surface area contributed by atoms with Crippen molar-refractivity contribution < 1.29 is 110 Å². The molecule has 4 amide bonds. The van der Waals surface area contributed by atoms with Crippen molar-refractivity contribution in [3.8, 4) is 11.3 Å². The van der Waals surface area contributed by atoms with Gasteiger partial charge in [0.25, 0.3) is 0 Å². The number of methoxy groups -OCH3 is 1. The molecule has 1 spiro atoms. The van der Waals surface area contributed by atoms with Crippen LogP contribution in [0.3, 0.4) is 0 Å². The van der Waals surface area contributed by atoms with E-state index in [-0.39, 0.29) is 125 Å². The fourth-order valence-electron chi connectivity index (χ4n) is 16.8. The summed E-state index contributed by atoms with van der Waals surface area (Å²) < 4.78 is 108. The van der Waals surface area contributed by atoms with E-state index < -0.39 is 96.7 Å². The largest absolute Gasteiger partial charge is 0.391 e. The molecule has 0 saturated carbocycles. The molecule has 12 heterocycles. The van der Waals surface area contributed by atoms with Gasteiger partial charge in [-0.3, -0.25) is 24.0 Å². The van der Waals surface area contributed by atoms with Crippen LogP contribution in [0.2, 0.25) is 0 Å². The Bertz CT molecular complexity index is 3390. The number of Topliss-reactive ketones (excluding diaryl/α,β-unsaturated/α-hetero) is 1. The first-order valence-corrected chi connectivity index (χ1v) is 41.3. The molecule has 634 valence electrons. The van der Waals surface area contributed by atoms with Crippen LogP contribution in [-0.2, 0) is 111 Å². The molecule has 2 aromatic rings. The number of H-pyrrole nitrogens is 1. The summed E-state index contributed by atoms with van der Waals surface area (Å²) in [6, 6.07) is -2.05. The van der Waals surface area contributed by atoms with Gasteiger partial charge in [-0.2, -0.15) is 0 Å². The Morgan fingerprint density at radius 1 is 0.699 bits per heavy atom. The van der Waals surface area contributed by atoms with E-state index >= 15 is 0 Å². The van der Waals surface area contributed by atoms with Crippen molar-refractivity contribution in [3.63, 3.8) is 0 Å². The summed E-state index contributed by atoms with van der Waals surface area (Å²) in [5.74, 6) is -3.77. The minimum Gasteiger partial charge on any atom is -0.391 e. The lowest BCUT2D eigenvalue weighted by atomic mass is 9.81. The second-order valence-electron chi connectivity index (χ2n) is 31.9. The molecule has 2 aromatic heterocycles. The van der Waals surface area contributed by atoms with E-state index in [1.54, 1.807) is 38.0 Å². The zero-order chi connectivity index (χ0) is 79.8. The Kier molecular flexibility index (Phi) is 34.9. The molecule has 113 heavy (non-hydrogen) atoms. The predicted octanol–water partition coefficient (Wildman–Crippen LogP) is 3.61. The number of aliphatic hydroxyl groups is 1. The lowest BCUT2D eigenvalue weighted by Gasteiger charge is -2.47. The predicted molar refractivity (Wildman–Crippen MR) is 409 cm³/mol. The summed E-state index contributed by atoms with van der Waals surface area (Å²) in [5.41, 5.74) is 3.53. The zero-order valence-corrected chi connectivity index (χ0v) is 67.6. The maximum Gasteiger partial charge on any atom is 0.246 e. The summed E-state index contributed by atoms with van der Waals surface area (Å²) >= 11 is 4.98. The number of hydrogen-bond donors (Lipinski definition) is 6. The first-order chi connectivity index (χ1) is 54.7.